The van der Waals surface area contributed by atoms with Crippen LogP contribution < -0.4 is 0 Å². The van der Waals surface area contributed by atoms with Crippen molar-refractivity contribution in [3.63, 3.8) is 0 Å². The molecule has 0 unspecified atom stereocenters. The number of benzene rings is 1. The van der Waals surface area contributed by atoms with E-state index in [0.717, 1.165) is 31.4 Å². The largest absolute Gasteiger partial charge is 0.346 e. The Kier molecular flexibility index (Phi) is 7.25. The number of fused-ring (bicyclic) bond motifs is 1. The van der Waals surface area contributed by atoms with Gasteiger partial charge in [0.1, 0.15) is 0 Å². The SMILES string of the molecule is O=[P@]1(N(CCCl)CCCl)O[C@H]2CCCC[C@@H]2CN1Cc1ccccc1. The molecule has 4 nitrogen and oxygen atoms in total. The molecule has 3 rings (SSSR count). The fourth-order valence-electron chi connectivity index (χ4n) is 3.89. The van der Waals surface area contributed by atoms with Gasteiger partial charge in [-0.1, -0.05) is 43.2 Å². The van der Waals surface area contributed by atoms with Gasteiger partial charge in [0.05, 0.1) is 6.10 Å². The summed E-state index contributed by atoms with van der Waals surface area (Å²) in [5.74, 6) is 1.29. The van der Waals surface area contributed by atoms with Crippen molar-refractivity contribution in [3.8, 4) is 0 Å². The molecule has 0 bridgehead atoms. The number of hydrogen-bond donors (Lipinski definition) is 0. The van der Waals surface area contributed by atoms with Crippen LogP contribution in [-0.2, 0) is 15.6 Å². The fraction of sp³-hybridized carbons (Fsp3) is 0.667. The highest BCUT2D eigenvalue weighted by atomic mass is 35.5. The van der Waals surface area contributed by atoms with Crippen molar-refractivity contribution >= 4 is 30.9 Å². The van der Waals surface area contributed by atoms with Crippen LogP contribution in [0.5, 0.6) is 0 Å². The molecule has 1 saturated carbocycles. The van der Waals surface area contributed by atoms with Gasteiger partial charge in [-0.2, -0.15) is 0 Å². The van der Waals surface area contributed by atoms with E-state index < -0.39 is 7.67 Å². The molecule has 0 N–H and O–H groups in total. The number of rotatable bonds is 7. The highest BCUT2D eigenvalue weighted by Crippen LogP contribution is 2.60. The van der Waals surface area contributed by atoms with Crippen molar-refractivity contribution < 1.29 is 9.09 Å². The lowest BCUT2D eigenvalue weighted by molar-refractivity contribution is 0.0221. The summed E-state index contributed by atoms with van der Waals surface area (Å²) in [5.41, 5.74) is 1.15. The summed E-state index contributed by atoms with van der Waals surface area (Å²) in [6.45, 7) is 2.49. The Balaban J connectivity index is 1.87. The van der Waals surface area contributed by atoms with Crippen LogP contribution in [0.4, 0.5) is 0 Å². The van der Waals surface area contributed by atoms with E-state index in [4.69, 9.17) is 27.7 Å². The van der Waals surface area contributed by atoms with E-state index in [-0.39, 0.29) is 6.10 Å². The molecule has 3 atom stereocenters. The van der Waals surface area contributed by atoms with Crippen molar-refractivity contribution in [1.29, 1.82) is 0 Å². The summed E-state index contributed by atoms with van der Waals surface area (Å²) >= 11 is 12.0. The molecule has 2 aliphatic rings. The Morgan fingerprint density at radius 1 is 1.12 bits per heavy atom. The molecule has 0 spiro atoms. The molecule has 0 amide bonds. The topological polar surface area (TPSA) is 32.8 Å². The van der Waals surface area contributed by atoms with Crippen molar-refractivity contribution in [3.05, 3.63) is 35.9 Å². The molecule has 0 radical (unpaired) electrons. The van der Waals surface area contributed by atoms with Crippen LogP contribution >= 0.6 is 30.9 Å². The summed E-state index contributed by atoms with van der Waals surface area (Å²) in [7, 11) is -3.12. The van der Waals surface area contributed by atoms with Gasteiger partial charge in [0.2, 0.25) is 0 Å². The Morgan fingerprint density at radius 3 is 2.48 bits per heavy atom. The molecule has 140 valence electrons. The van der Waals surface area contributed by atoms with Crippen LogP contribution in [-0.4, -0.2) is 46.8 Å². The number of nitrogens with zero attached hydrogens (tertiary/aromatic N) is 2. The Labute approximate surface area is 161 Å². The molecule has 1 saturated heterocycles. The monoisotopic (exact) mass is 404 g/mol. The van der Waals surface area contributed by atoms with Crippen molar-refractivity contribution in [2.24, 2.45) is 5.92 Å². The van der Waals surface area contributed by atoms with Crippen LogP contribution in [0, 0.1) is 5.92 Å². The summed E-state index contributed by atoms with van der Waals surface area (Å²) in [5, 5.41) is 0. The maximum Gasteiger partial charge on any atom is 0.346 e. The van der Waals surface area contributed by atoms with Crippen LogP contribution in [0.3, 0.4) is 0 Å². The van der Waals surface area contributed by atoms with Gasteiger partial charge in [-0.25, -0.2) is 9.34 Å². The molecular weight excluding hydrogens is 378 g/mol. The molecule has 0 aromatic heterocycles. The zero-order valence-corrected chi connectivity index (χ0v) is 16.9. The third-order valence-corrected chi connectivity index (χ3v) is 8.18. The van der Waals surface area contributed by atoms with E-state index in [1.807, 2.05) is 27.5 Å². The highest BCUT2D eigenvalue weighted by Gasteiger charge is 2.48. The summed E-state index contributed by atoms with van der Waals surface area (Å²) in [6.07, 6.45) is 4.65. The van der Waals surface area contributed by atoms with E-state index in [2.05, 4.69) is 12.1 Å². The average molecular weight is 405 g/mol. The second-order valence-corrected chi connectivity index (χ2v) is 9.92. The Bertz CT molecular complexity index is 584. The third kappa shape index (κ3) is 4.61. The minimum Gasteiger partial charge on any atom is -0.302 e. The first kappa shape index (κ1) is 19.7. The minimum atomic E-state index is -3.12. The smallest absolute Gasteiger partial charge is 0.302 e. The molecule has 2 fully saturated rings. The lowest BCUT2D eigenvalue weighted by Gasteiger charge is -2.48. The van der Waals surface area contributed by atoms with Crippen LogP contribution in [0.2, 0.25) is 0 Å². The van der Waals surface area contributed by atoms with E-state index in [1.165, 1.54) is 6.42 Å². The zero-order valence-electron chi connectivity index (χ0n) is 14.5. The van der Waals surface area contributed by atoms with E-state index in [9.17, 15) is 4.57 Å². The van der Waals surface area contributed by atoms with Gasteiger partial charge in [0, 0.05) is 37.9 Å². The van der Waals surface area contributed by atoms with E-state index >= 15 is 0 Å². The van der Waals surface area contributed by atoms with Crippen molar-refractivity contribution in [2.45, 2.75) is 38.3 Å². The van der Waals surface area contributed by atoms with Crippen molar-refractivity contribution in [1.82, 2.24) is 9.34 Å². The Morgan fingerprint density at radius 2 is 1.80 bits per heavy atom. The second-order valence-electron chi connectivity index (χ2n) is 6.84. The lowest BCUT2D eigenvalue weighted by Crippen LogP contribution is -2.47. The molecular formula is C18H27Cl2N2O2P. The number of hydrogen-bond acceptors (Lipinski definition) is 2. The third-order valence-electron chi connectivity index (χ3n) is 5.17. The van der Waals surface area contributed by atoms with Crippen molar-refractivity contribution in [2.75, 3.05) is 31.4 Å². The Hall–Kier alpha value is -0.0900. The summed E-state index contributed by atoms with van der Waals surface area (Å²) < 4.78 is 24.3. The standard InChI is InChI=1S/C18H27Cl2N2O2P/c19-10-12-21(13-11-20)25(23)22(14-16-6-2-1-3-7-16)15-17-8-4-5-9-18(17)24-25/h1-3,6-7,17-18H,4-5,8-15H2/t17-,18+,25-/m1/s1. The molecule has 1 aliphatic heterocycles. The number of halogens is 2. The maximum absolute atomic E-state index is 14.0. The predicted molar refractivity (Wildman–Crippen MR) is 104 cm³/mol. The van der Waals surface area contributed by atoms with Gasteiger partial charge in [-0.05, 0) is 24.3 Å². The first-order valence-corrected chi connectivity index (χ1v) is 11.7. The quantitative estimate of drug-likeness (QED) is 0.474. The summed E-state index contributed by atoms with van der Waals surface area (Å²) in [4.78, 5) is 0. The predicted octanol–water partition coefficient (Wildman–Crippen LogP) is 4.97. The molecule has 7 heteroatoms. The zero-order chi connectivity index (χ0) is 17.7. The van der Waals surface area contributed by atoms with E-state index in [1.54, 1.807) is 0 Å². The van der Waals surface area contributed by atoms with Crippen LogP contribution in [0.1, 0.15) is 31.2 Å². The second kappa shape index (κ2) is 9.21. The molecule has 1 aromatic rings. The van der Waals surface area contributed by atoms with Gasteiger partial charge < -0.3 is 4.52 Å². The van der Waals surface area contributed by atoms with E-state index in [0.29, 0.717) is 37.3 Å². The molecule has 1 aliphatic carbocycles. The number of alkyl halides is 2. The van der Waals surface area contributed by atoms with Gasteiger partial charge in [-0.3, -0.25) is 4.57 Å². The average Bonchev–Trinajstić information content (AvgIpc) is 2.63. The van der Waals surface area contributed by atoms with Gasteiger partial charge in [0.25, 0.3) is 0 Å². The lowest BCUT2D eigenvalue weighted by atomic mass is 9.86. The minimum absolute atomic E-state index is 0.0970. The maximum atomic E-state index is 14.0. The first-order chi connectivity index (χ1) is 12.2. The molecule has 1 aromatic carbocycles. The summed E-state index contributed by atoms with van der Waals surface area (Å²) in [6, 6.07) is 10.2. The normalized spacial score (nSPS) is 30.4. The van der Waals surface area contributed by atoms with Gasteiger partial charge >= 0.3 is 7.67 Å². The molecule has 1 heterocycles. The molecule has 25 heavy (non-hydrogen) atoms. The van der Waals surface area contributed by atoms with Gasteiger partial charge in [-0.15, -0.1) is 23.2 Å². The van der Waals surface area contributed by atoms with Gasteiger partial charge in [0.15, 0.2) is 0 Å². The fourth-order valence-corrected chi connectivity index (χ4v) is 7.25. The first-order valence-electron chi connectivity index (χ1n) is 9.12. The van der Waals surface area contributed by atoms with Crippen LogP contribution in [0.15, 0.2) is 30.3 Å². The highest BCUT2D eigenvalue weighted by molar-refractivity contribution is 7.54. The van der Waals surface area contributed by atoms with Crippen LogP contribution in [0.25, 0.3) is 0 Å².